The molecule has 2 aromatic rings. The van der Waals surface area contributed by atoms with E-state index in [-0.39, 0.29) is 23.6 Å². The minimum Gasteiger partial charge on any atom is -0.507 e. The van der Waals surface area contributed by atoms with Gasteiger partial charge in [-0.1, -0.05) is 35.9 Å². The van der Waals surface area contributed by atoms with E-state index in [1.54, 1.807) is 18.2 Å². The quantitative estimate of drug-likeness (QED) is 0.792. The maximum atomic E-state index is 9.89. The molecule has 0 spiro atoms. The van der Waals surface area contributed by atoms with Crippen molar-refractivity contribution in [3.8, 4) is 11.5 Å². The fraction of sp³-hybridized carbons (Fsp3) is 0.294. The Morgan fingerprint density at radius 2 is 1.50 bits per heavy atom. The van der Waals surface area contributed by atoms with Gasteiger partial charge in [0.25, 0.3) is 0 Å². The van der Waals surface area contributed by atoms with Crippen LogP contribution >= 0.6 is 0 Å². The first kappa shape index (κ1) is 14.4. The van der Waals surface area contributed by atoms with E-state index in [4.69, 9.17) is 0 Å². The van der Waals surface area contributed by atoms with E-state index in [0.717, 1.165) is 0 Å². The lowest BCUT2D eigenvalue weighted by atomic mass is 10.0. The van der Waals surface area contributed by atoms with Gasteiger partial charge in [-0.05, 0) is 38.5 Å². The molecule has 0 amide bonds. The molecular weight excluding hydrogens is 250 g/mol. The van der Waals surface area contributed by atoms with Crippen LogP contribution in [0.15, 0.2) is 42.5 Å². The van der Waals surface area contributed by atoms with Crippen molar-refractivity contribution in [1.29, 1.82) is 0 Å². The van der Waals surface area contributed by atoms with Gasteiger partial charge in [0, 0.05) is 12.1 Å². The molecule has 0 aliphatic heterocycles. The predicted molar refractivity (Wildman–Crippen MR) is 80.9 cm³/mol. The van der Waals surface area contributed by atoms with E-state index < -0.39 is 0 Å². The summed E-state index contributed by atoms with van der Waals surface area (Å²) in [5.41, 5.74) is 2.94. The van der Waals surface area contributed by atoms with Crippen LogP contribution in [0.5, 0.6) is 11.5 Å². The Balaban J connectivity index is 2.17. The summed E-state index contributed by atoms with van der Waals surface area (Å²) in [6.07, 6.45) is 0. The number of aromatic hydroxyl groups is 2. The van der Waals surface area contributed by atoms with Crippen molar-refractivity contribution >= 4 is 0 Å². The molecule has 0 heterocycles. The molecule has 0 aliphatic rings. The van der Waals surface area contributed by atoms with Crippen molar-refractivity contribution in [2.24, 2.45) is 0 Å². The van der Waals surface area contributed by atoms with Crippen LogP contribution < -0.4 is 5.32 Å². The molecule has 0 aromatic heterocycles. The normalized spacial score (nSPS) is 13.9. The first-order valence-corrected chi connectivity index (χ1v) is 6.82. The summed E-state index contributed by atoms with van der Waals surface area (Å²) in [6.45, 7) is 6.07. The van der Waals surface area contributed by atoms with Gasteiger partial charge in [-0.3, -0.25) is 0 Å². The number of benzene rings is 2. The van der Waals surface area contributed by atoms with E-state index in [1.165, 1.54) is 11.1 Å². The third-order valence-electron chi connectivity index (χ3n) is 3.54. The van der Waals surface area contributed by atoms with E-state index in [1.807, 2.05) is 13.0 Å². The number of hydrogen-bond donors (Lipinski definition) is 3. The number of rotatable bonds is 4. The summed E-state index contributed by atoms with van der Waals surface area (Å²) in [7, 11) is 0. The molecule has 106 valence electrons. The highest BCUT2D eigenvalue weighted by Crippen LogP contribution is 2.33. The van der Waals surface area contributed by atoms with E-state index in [2.05, 4.69) is 37.4 Å². The van der Waals surface area contributed by atoms with Crippen LogP contribution in [-0.4, -0.2) is 10.2 Å². The van der Waals surface area contributed by atoms with Gasteiger partial charge in [-0.25, -0.2) is 0 Å². The largest absolute Gasteiger partial charge is 0.507 e. The molecule has 3 nitrogen and oxygen atoms in total. The summed E-state index contributed by atoms with van der Waals surface area (Å²) >= 11 is 0. The molecule has 3 N–H and O–H groups in total. The van der Waals surface area contributed by atoms with Gasteiger partial charge in [0.2, 0.25) is 0 Å². The smallest absolute Gasteiger partial charge is 0.124 e. The molecule has 2 atom stereocenters. The van der Waals surface area contributed by atoms with E-state index in [0.29, 0.717) is 5.56 Å². The van der Waals surface area contributed by atoms with Crippen LogP contribution in [0, 0.1) is 6.92 Å². The minimum absolute atomic E-state index is 0.112. The first-order valence-electron chi connectivity index (χ1n) is 6.82. The monoisotopic (exact) mass is 271 g/mol. The van der Waals surface area contributed by atoms with Gasteiger partial charge in [0.1, 0.15) is 11.5 Å². The number of aryl methyl sites for hydroxylation is 1. The molecule has 0 aliphatic carbocycles. The summed E-state index contributed by atoms with van der Waals surface area (Å²) in [5.74, 6) is 0.225. The predicted octanol–water partition coefficient (Wildman–Crippen LogP) is 3.82. The highest BCUT2D eigenvalue weighted by molar-refractivity contribution is 5.45. The van der Waals surface area contributed by atoms with Crippen LogP contribution in [0.2, 0.25) is 0 Å². The van der Waals surface area contributed by atoms with Gasteiger partial charge >= 0.3 is 0 Å². The summed E-state index contributed by atoms with van der Waals surface area (Å²) in [4.78, 5) is 0. The van der Waals surface area contributed by atoms with Crippen LogP contribution in [0.4, 0.5) is 0 Å². The van der Waals surface area contributed by atoms with E-state index >= 15 is 0 Å². The van der Waals surface area contributed by atoms with Crippen molar-refractivity contribution in [3.05, 3.63) is 59.2 Å². The lowest BCUT2D eigenvalue weighted by Crippen LogP contribution is -2.22. The average Bonchev–Trinajstić information content (AvgIpc) is 2.38. The van der Waals surface area contributed by atoms with E-state index in [9.17, 15) is 10.2 Å². The zero-order chi connectivity index (χ0) is 14.7. The number of phenols is 2. The van der Waals surface area contributed by atoms with Crippen LogP contribution in [-0.2, 0) is 0 Å². The zero-order valence-electron chi connectivity index (χ0n) is 12.1. The fourth-order valence-electron chi connectivity index (χ4n) is 2.48. The number of nitrogens with one attached hydrogen (secondary N) is 1. The highest BCUT2D eigenvalue weighted by Gasteiger charge is 2.17. The Labute approximate surface area is 119 Å². The SMILES string of the molecule is Cc1cccc([C@@H](C)NC(C)c2c(O)cccc2O)c1. The lowest BCUT2D eigenvalue weighted by molar-refractivity contribution is 0.407. The number of phenolic OH excluding ortho intramolecular Hbond substituents is 2. The Morgan fingerprint density at radius 3 is 2.10 bits per heavy atom. The van der Waals surface area contributed by atoms with Crippen molar-refractivity contribution in [3.63, 3.8) is 0 Å². The standard InChI is InChI=1S/C17H21NO2/c1-11-6-4-7-14(10-11)12(2)18-13(3)17-15(19)8-5-9-16(17)20/h4-10,12-13,18-20H,1-3H3/t12-,13?/m1/s1. The molecular formula is C17H21NO2. The van der Waals surface area contributed by atoms with Crippen molar-refractivity contribution < 1.29 is 10.2 Å². The van der Waals surface area contributed by atoms with Crippen molar-refractivity contribution in [1.82, 2.24) is 5.32 Å². The molecule has 0 radical (unpaired) electrons. The molecule has 0 fully saturated rings. The summed E-state index contributed by atoms with van der Waals surface area (Å²) < 4.78 is 0. The first-order chi connectivity index (χ1) is 9.49. The van der Waals surface area contributed by atoms with Gasteiger partial charge in [0.05, 0.1) is 5.56 Å². The van der Waals surface area contributed by atoms with Gasteiger partial charge in [-0.15, -0.1) is 0 Å². The van der Waals surface area contributed by atoms with Gasteiger partial charge in [0.15, 0.2) is 0 Å². The second-order valence-corrected chi connectivity index (χ2v) is 5.23. The molecule has 0 saturated carbocycles. The van der Waals surface area contributed by atoms with Crippen LogP contribution in [0.3, 0.4) is 0 Å². The Bertz CT molecular complexity index is 575. The highest BCUT2D eigenvalue weighted by atomic mass is 16.3. The van der Waals surface area contributed by atoms with Crippen molar-refractivity contribution in [2.45, 2.75) is 32.9 Å². The molecule has 1 unspecified atom stereocenters. The second-order valence-electron chi connectivity index (χ2n) is 5.23. The maximum Gasteiger partial charge on any atom is 0.124 e. The van der Waals surface area contributed by atoms with Crippen molar-refractivity contribution in [2.75, 3.05) is 0 Å². The Kier molecular flexibility index (Phi) is 4.30. The van der Waals surface area contributed by atoms with Crippen LogP contribution in [0.25, 0.3) is 0 Å². The minimum atomic E-state index is -0.147. The molecule has 2 aromatic carbocycles. The molecule has 2 rings (SSSR count). The molecule has 20 heavy (non-hydrogen) atoms. The third-order valence-corrected chi connectivity index (χ3v) is 3.54. The summed E-state index contributed by atoms with van der Waals surface area (Å²) in [6, 6.07) is 13.1. The molecule has 0 bridgehead atoms. The average molecular weight is 271 g/mol. The second kappa shape index (κ2) is 5.97. The van der Waals surface area contributed by atoms with Gasteiger partial charge < -0.3 is 15.5 Å². The fourth-order valence-corrected chi connectivity index (χ4v) is 2.48. The molecule has 0 saturated heterocycles. The third kappa shape index (κ3) is 3.11. The maximum absolute atomic E-state index is 9.89. The Hall–Kier alpha value is -2.00. The zero-order valence-corrected chi connectivity index (χ0v) is 12.1. The Morgan fingerprint density at radius 1 is 0.900 bits per heavy atom. The van der Waals surface area contributed by atoms with Crippen LogP contribution in [0.1, 0.15) is 42.6 Å². The number of hydrogen-bond acceptors (Lipinski definition) is 3. The molecule has 3 heteroatoms. The topological polar surface area (TPSA) is 52.5 Å². The lowest BCUT2D eigenvalue weighted by Gasteiger charge is -2.22. The van der Waals surface area contributed by atoms with Gasteiger partial charge in [-0.2, -0.15) is 0 Å². The summed E-state index contributed by atoms with van der Waals surface area (Å²) in [5, 5.41) is 23.2.